The van der Waals surface area contributed by atoms with Crippen LogP contribution in [0.1, 0.15) is 46.5 Å². The number of hydrogen-bond donors (Lipinski definition) is 0. The van der Waals surface area contributed by atoms with Gasteiger partial charge in [-0.3, -0.25) is 9.59 Å². The fourth-order valence-electron chi connectivity index (χ4n) is 2.44. The number of hydrogen-bond acceptors (Lipinski definition) is 4. The quantitative estimate of drug-likeness (QED) is 0.547. The maximum Gasteiger partial charge on any atom is 0.319 e. The number of ketones is 1. The summed E-state index contributed by atoms with van der Waals surface area (Å²) in [4.78, 5) is 24.3. The molecule has 0 radical (unpaired) electrons. The normalized spacial score (nSPS) is 19.1. The Hall–Kier alpha value is -0.900. The summed E-state index contributed by atoms with van der Waals surface area (Å²) in [5.41, 5.74) is -1.91. The summed E-state index contributed by atoms with van der Waals surface area (Å²) in [6, 6.07) is 0. The minimum Gasteiger partial charge on any atom is -0.465 e. The summed E-state index contributed by atoms with van der Waals surface area (Å²) >= 11 is 0. The van der Waals surface area contributed by atoms with Crippen LogP contribution < -0.4 is 0 Å². The van der Waals surface area contributed by atoms with Crippen LogP contribution in [0.5, 0.6) is 0 Å². The molecule has 0 amide bonds. The maximum atomic E-state index is 12.5. The van der Waals surface area contributed by atoms with Crippen molar-refractivity contribution in [1.29, 1.82) is 0 Å². The van der Waals surface area contributed by atoms with Crippen molar-refractivity contribution in [2.45, 2.75) is 52.1 Å². The monoisotopic (exact) mass is 242 g/mol. The number of methoxy groups -OCH3 is 1. The van der Waals surface area contributed by atoms with E-state index < -0.39 is 17.0 Å². The zero-order valence-electron chi connectivity index (χ0n) is 11.2. The first kappa shape index (κ1) is 14.2. The molecule has 17 heavy (non-hydrogen) atoms. The van der Waals surface area contributed by atoms with E-state index >= 15 is 0 Å². The number of carbonyl (C=O) groups excluding carboxylic acids is 2. The second kappa shape index (κ2) is 5.17. The van der Waals surface area contributed by atoms with Crippen molar-refractivity contribution in [3.63, 3.8) is 0 Å². The Labute approximate surface area is 103 Å². The summed E-state index contributed by atoms with van der Waals surface area (Å²) in [5, 5.41) is 0. The standard InChI is InChI=1S/C13H22O4/c1-5-17-11(15)12(2,3)10(14)13(16-4)8-6-7-9-13/h5-9H2,1-4H3. The fraction of sp³-hybridized carbons (Fsp3) is 0.846. The highest BCUT2D eigenvalue weighted by Crippen LogP contribution is 2.39. The molecule has 0 bridgehead atoms. The zero-order chi connectivity index (χ0) is 13.1. The predicted octanol–water partition coefficient (Wildman–Crippen LogP) is 2.10. The smallest absolute Gasteiger partial charge is 0.319 e. The van der Waals surface area contributed by atoms with Crippen LogP contribution in [0.2, 0.25) is 0 Å². The second-order valence-electron chi connectivity index (χ2n) is 5.08. The molecular weight excluding hydrogens is 220 g/mol. The summed E-state index contributed by atoms with van der Waals surface area (Å²) < 4.78 is 10.4. The van der Waals surface area contributed by atoms with E-state index in [-0.39, 0.29) is 12.4 Å². The highest BCUT2D eigenvalue weighted by molar-refractivity contribution is 6.07. The molecule has 0 heterocycles. The molecule has 0 atom stereocenters. The van der Waals surface area contributed by atoms with E-state index in [0.29, 0.717) is 12.8 Å². The van der Waals surface area contributed by atoms with Crippen LogP contribution >= 0.6 is 0 Å². The van der Waals surface area contributed by atoms with Crippen LogP contribution in [0.25, 0.3) is 0 Å². The van der Waals surface area contributed by atoms with Gasteiger partial charge in [0, 0.05) is 7.11 Å². The summed E-state index contributed by atoms with van der Waals surface area (Å²) in [7, 11) is 1.55. The van der Waals surface area contributed by atoms with Gasteiger partial charge in [0.1, 0.15) is 11.0 Å². The van der Waals surface area contributed by atoms with Gasteiger partial charge in [0.05, 0.1) is 6.61 Å². The largest absolute Gasteiger partial charge is 0.465 e. The van der Waals surface area contributed by atoms with Crippen LogP contribution in [0.15, 0.2) is 0 Å². The fourth-order valence-corrected chi connectivity index (χ4v) is 2.44. The minimum absolute atomic E-state index is 0.150. The molecule has 1 fully saturated rings. The third kappa shape index (κ3) is 2.51. The first-order valence-corrected chi connectivity index (χ1v) is 6.18. The molecular formula is C13H22O4. The van der Waals surface area contributed by atoms with Gasteiger partial charge < -0.3 is 9.47 Å². The van der Waals surface area contributed by atoms with Gasteiger partial charge in [-0.1, -0.05) is 0 Å². The number of esters is 1. The topological polar surface area (TPSA) is 52.6 Å². The number of ether oxygens (including phenoxy) is 2. The Balaban J connectivity index is 2.90. The molecule has 1 rings (SSSR count). The van der Waals surface area contributed by atoms with Crippen molar-refractivity contribution < 1.29 is 19.1 Å². The van der Waals surface area contributed by atoms with Crippen molar-refractivity contribution in [3.05, 3.63) is 0 Å². The van der Waals surface area contributed by atoms with E-state index in [0.717, 1.165) is 12.8 Å². The lowest BCUT2D eigenvalue weighted by atomic mass is 9.77. The molecule has 0 saturated heterocycles. The van der Waals surface area contributed by atoms with E-state index in [1.54, 1.807) is 27.9 Å². The van der Waals surface area contributed by atoms with Crippen molar-refractivity contribution in [3.8, 4) is 0 Å². The predicted molar refractivity (Wildman–Crippen MR) is 63.6 cm³/mol. The summed E-state index contributed by atoms with van der Waals surface area (Å²) in [6.07, 6.45) is 3.34. The molecule has 0 aliphatic heterocycles. The van der Waals surface area contributed by atoms with E-state index in [9.17, 15) is 9.59 Å². The van der Waals surface area contributed by atoms with E-state index in [1.165, 1.54) is 0 Å². The van der Waals surface area contributed by atoms with Gasteiger partial charge in [0.2, 0.25) is 0 Å². The van der Waals surface area contributed by atoms with Crippen LogP contribution in [-0.2, 0) is 19.1 Å². The average Bonchev–Trinajstić information content (AvgIpc) is 2.78. The molecule has 0 unspecified atom stereocenters. The Bertz CT molecular complexity index is 301. The first-order chi connectivity index (χ1) is 7.90. The van der Waals surface area contributed by atoms with Gasteiger partial charge in [-0.25, -0.2) is 0 Å². The van der Waals surface area contributed by atoms with Gasteiger partial charge in [0.25, 0.3) is 0 Å². The molecule has 1 saturated carbocycles. The number of rotatable bonds is 5. The summed E-state index contributed by atoms with van der Waals surface area (Å²) in [6.45, 7) is 5.26. The summed E-state index contributed by atoms with van der Waals surface area (Å²) in [5.74, 6) is -0.614. The molecule has 0 spiro atoms. The highest BCUT2D eigenvalue weighted by atomic mass is 16.5. The molecule has 0 N–H and O–H groups in total. The molecule has 0 aromatic heterocycles. The third-order valence-electron chi connectivity index (χ3n) is 3.57. The van der Waals surface area contributed by atoms with Gasteiger partial charge >= 0.3 is 5.97 Å². The van der Waals surface area contributed by atoms with Crippen molar-refractivity contribution >= 4 is 11.8 Å². The number of Topliss-reactive ketones (excluding diaryl/α,β-unsaturated/α-hetero) is 1. The van der Waals surface area contributed by atoms with Crippen LogP contribution in [-0.4, -0.2) is 31.1 Å². The van der Waals surface area contributed by atoms with E-state index in [4.69, 9.17) is 9.47 Å². The average molecular weight is 242 g/mol. The molecule has 98 valence electrons. The van der Waals surface area contributed by atoms with Crippen LogP contribution in [0, 0.1) is 5.41 Å². The third-order valence-corrected chi connectivity index (χ3v) is 3.57. The van der Waals surface area contributed by atoms with E-state index in [1.807, 2.05) is 0 Å². The molecule has 0 aromatic carbocycles. The zero-order valence-corrected chi connectivity index (χ0v) is 11.2. The van der Waals surface area contributed by atoms with Crippen molar-refractivity contribution in [2.24, 2.45) is 5.41 Å². The molecule has 4 heteroatoms. The molecule has 0 aromatic rings. The first-order valence-electron chi connectivity index (χ1n) is 6.18. The van der Waals surface area contributed by atoms with Crippen molar-refractivity contribution in [1.82, 2.24) is 0 Å². The highest BCUT2D eigenvalue weighted by Gasteiger charge is 2.51. The van der Waals surface area contributed by atoms with Gasteiger partial charge in [-0.2, -0.15) is 0 Å². The van der Waals surface area contributed by atoms with Crippen molar-refractivity contribution in [2.75, 3.05) is 13.7 Å². The second-order valence-corrected chi connectivity index (χ2v) is 5.08. The van der Waals surface area contributed by atoms with Crippen LogP contribution in [0.3, 0.4) is 0 Å². The molecule has 1 aliphatic carbocycles. The van der Waals surface area contributed by atoms with Gasteiger partial charge in [0.15, 0.2) is 5.78 Å². The Kier molecular flexibility index (Phi) is 4.31. The maximum absolute atomic E-state index is 12.5. The Morgan fingerprint density at radius 3 is 2.18 bits per heavy atom. The lowest BCUT2D eigenvalue weighted by Crippen LogP contribution is -2.49. The van der Waals surface area contributed by atoms with Gasteiger partial charge in [-0.05, 0) is 46.5 Å². The Morgan fingerprint density at radius 2 is 1.76 bits per heavy atom. The lowest BCUT2D eigenvalue weighted by Gasteiger charge is -2.33. The molecule has 1 aliphatic rings. The van der Waals surface area contributed by atoms with Crippen LogP contribution in [0.4, 0.5) is 0 Å². The lowest BCUT2D eigenvalue weighted by molar-refractivity contribution is -0.166. The Morgan fingerprint density at radius 1 is 1.24 bits per heavy atom. The van der Waals surface area contributed by atoms with Gasteiger partial charge in [-0.15, -0.1) is 0 Å². The molecule has 4 nitrogen and oxygen atoms in total. The number of carbonyl (C=O) groups is 2. The SMILES string of the molecule is CCOC(=O)C(C)(C)C(=O)C1(OC)CCCC1. The minimum atomic E-state index is -1.13. The van der Waals surface area contributed by atoms with E-state index in [2.05, 4.69) is 0 Å².